The molecule has 0 aromatic heterocycles. The second-order valence-corrected chi connectivity index (χ2v) is 5.08. The van der Waals surface area contributed by atoms with E-state index in [4.69, 9.17) is 4.74 Å². The number of halogens is 1. The zero-order valence-electron chi connectivity index (χ0n) is 10.4. The fraction of sp³-hybridized carbons (Fsp3) is 0.538. The highest BCUT2D eigenvalue weighted by Gasteiger charge is 2.18. The van der Waals surface area contributed by atoms with Crippen molar-refractivity contribution in [3.63, 3.8) is 0 Å². The first-order valence-electron chi connectivity index (χ1n) is 5.67. The Morgan fingerprint density at radius 2 is 2.06 bits per heavy atom. The van der Waals surface area contributed by atoms with Gasteiger partial charge < -0.3 is 10.1 Å². The second-order valence-electron chi connectivity index (χ2n) is 4.17. The largest absolute Gasteiger partial charge is 0.496 e. The van der Waals surface area contributed by atoms with Gasteiger partial charge in [-0.3, -0.25) is 0 Å². The topological polar surface area (TPSA) is 21.3 Å². The van der Waals surface area contributed by atoms with Crippen LogP contribution in [0, 0.1) is 5.92 Å². The summed E-state index contributed by atoms with van der Waals surface area (Å²) in [5.41, 5.74) is 1.22. The maximum Gasteiger partial charge on any atom is 0.124 e. The van der Waals surface area contributed by atoms with E-state index in [2.05, 4.69) is 54.2 Å². The molecule has 0 aliphatic carbocycles. The first-order chi connectivity index (χ1) is 7.60. The molecular formula is C13H20BrNO. The Hall–Kier alpha value is -0.540. The third kappa shape index (κ3) is 3.22. The van der Waals surface area contributed by atoms with E-state index in [1.165, 1.54) is 5.56 Å². The summed E-state index contributed by atoms with van der Waals surface area (Å²) in [6, 6.07) is 6.54. The number of ether oxygens (including phenoxy) is 1. The summed E-state index contributed by atoms with van der Waals surface area (Å²) in [6.07, 6.45) is 0. The third-order valence-corrected chi connectivity index (χ3v) is 3.11. The highest BCUT2D eigenvalue weighted by Crippen LogP contribution is 2.32. The Kier molecular flexibility index (Phi) is 5.29. The zero-order valence-corrected chi connectivity index (χ0v) is 12.0. The molecule has 0 bridgehead atoms. The van der Waals surface area contributed by atoms with Gasteiger partial charge in [-0.1, -0.05) is 42.8 Å². The molecule has 3 heteroatoms. The fourth-order valence-electron chi connectivity index (χ4n) is 1.87. The van der Waals surface area contributed by atoms with Crippen LogP contribution in [0.25, 0.3) is 0 Å². The molecule has 0 heterocycles. The van der Waals surface area contributed by atoms with Gasteiger partial charge in [-0.05, 0) is 24.6 Å². The monoisotopic (exact) mass is 285 g/mol. The molecule has 0 spiro atoms. The Morgan fingerprint density at radius 3 is 2.56 bits per heavy atom. The van der Waals surface area contributed by atoms with Crippen molar-refractivity contribution in [3.05, 3.63) is 28.2 Å². The van der Waals surface area contributed by atoms with E-state index in [9.17, 15) is 0 Å². The quantitative estimate of drug-likeness (QED) is 0.889. The average molecular weight is 286 g/mol. The number of methoxy groups -OCH3 is 1. The van der Waals surface area contributed by atoms with Crippen molar-refractivity contribution < 1.29 is 4.74 Å². The van der Waals surface area contributed by atoms with Gasteiger partial charge in [0.1, 0.15) is 5.75 Å². The Bertz CT molecular complexity index is 339. The molecule has 90 valence electrons. The summed E-state index contributed by atoms with van der Waals surface area (Å²) >= 11 is 3.46. The lowest BCUT2D eigenvalue weighted by Gasteiger charge is -2.24. The van der Waals surface area contributed by atoms with E-state index in [0.717, 1.165) is 16.8 Å². The van der Waals surface area contributed by atoms with Gasteiger partial charge in [0.15, 0.2) is 0 Å². The lowest BCUT2D eigenvalue weighted by atomic mass is 9.95. The van der Waals surface area contributed by atoms with Crippen LogP contribution in [0.15, 0.2) is 22.7 Å². The minimum absolute atomic E-state index is 0.341. The van der Waals surface area contributed by atoms with Crippen molar-refractivity contribution in [1.29, 1.82) is 0 Å². The number of hydrogen-bond donors (Lipinski definition) is 1. The van der Waals surface area contributed by atoms with Crippen molar-refractivity contribution in [2.45, 2.75) is 26.8 Å². The summed E-state index contributed by atoms with van der Waals surface area (Å²) in [6.45, 7) is 7.52. The Morgan fingerprint density at radius 1 is 1.38 bits per heavy atom. The standard InChI is InChI=1S/C13H20BrNO/c1-5-15-13(9(2)3)11-7-6-10(14)8-12(11)16-4/h6-9,13,15H,5H2,1-4H3. The molecule has 1 N–H and O–H groups in total. The van der Waals surface area contributed by atoms with Crippen LogP contribution in [-0.4, -0.2) is 13.7 Å². The predicted octanol–water partition coefficient (Wildman–Crippen LogP) is 3.76. The van der Waals surface area contributed by atoms with Crippen LogP contribution in [0.5, 0.6) is 5.75 Å². The minimum Gasteiger partial charge on any atom is -0.496 e. The van der Waals surface area contributed by atoms with E-state index < -0.39 is 0 Å². The molecule has 16 heavy (non-hydrogen) atoms. The lowest BCUT2D eigenvalue weighted by molar-refractivity contribution is 0.374. The van der Waals surface area contributed by atoms with E-state index >= 15 is 0 Å². The Balaban J connectivity index is 3.07. The normalized spacial score (nSPS) is 12.9. The highest BCUT2D eigenvalue weighted by molar-refractivity contribution is 9.10. The fourth-order valence-corrected chi connectivity index (χ4v) is 2.21. The number of nitrogens with one attached hydrogen (secondary N) is 1. The van der Waals surface area contributed by atoms with Crippen LogP contribution in [0.2, 0.25) is 0 Å². The number of rotatable bonds is 5. The van der Waals surface area contributed by atoms with Crippen molar-refractivity contribution in [2.75, 3.05) is 13.7 Å². The van der Waals surface area contributed by atoms with Crippen LogP contribution in [0.3, 0.4) is 0 Å². The van der Waals surface area contributed by atoms with Gasteiger partial charge in [-0.15, -0.1) is 0 Å². The van der Waals surface area contributed by atoms with E-state index in [-0.39, 0.29) is 0 Å². The second kappa shape index (κ2) is 6.26. The molecule has 0 amide bonds. The van der Waals surface area contributed by atoms with Crippen LogP contribution in [0.1, 0.15) is 32.4 Å². The summed E-state index contributed by atoms with van der Waals surface area (Å²) in [4.78, 5) is 0. The van der Waals surface area contributed by atoms with Crippen molar-refractivity contribution in [1.82, 2.24) is 5.32 Å². The Labute approximate surface area is 107 Å². The smallest absolute Gasteiger partial charge is 0.124 e. The SMILES string of the molecule is CCNC(c1ccc(Br)cc1OC)C(C)C. The predicted molar refractivity (Wildman–Crippen MR) is 71.9 cm³/mol. The van der Waals surface area contributed by atoms with Gasteiger partial charge in [0.25, 0.3) is 0 Å². The van der Waals surface area contributed by atoms with Crippen molar-refractivity contribution >= 4 is 15.9 Å². The molecule has 1 atom stereocenters. The first kappa shape index (κ1) is 13.5. The summed E-state index contributed by atoms with van der Waals surface area (Å²) < 4.78 is 6.48. The van der Waals surface area contributed by atoms with Gasteiger partial charge in [0.05, 0.1) is 7.11 Å². The molecule has 0 aliphatic heterocycles. The summed E-state index contributed by atoms with van der Waals surface area (Å²) in [5, 5.41) is 3.50. The van der Waals surface area contributed by atoms with Crippen molar-refractivity contribution in [2.24, 2.45) is 5.92 Å². The van der Waals surface area contributed by atoms with Gasteiger partial charge >= 0.3 is 0 Å². The maximum atomic E-state index is 5.43. The molecule has 1 aromatic carbocycles. The zero-order chi connectivity index (χ0) is 12.1. The average Bonchev–Trinajstić information content (AvgIpc) is 2.26. The third-order valence-electron chi connectivity index (χ3n) is 2.62. The van der Waals surface area contributed by atoms with Gasteiger partial charge in [0.2, 0.25) is 0 Å². The van der Waals surface area contributed by atoms with Crippen LogP contribution in [-0.2, 0) is 0 Å². The molecule has 0 fully saturated rings. The van der Waals surface area contributed by atoms with Crippen LogP contribution < -0.4 is 10.1 Å². The van der Waals surface area contributed by atoms with E-state index in [1.807, 2.05) is 6.07 Å². The van der Waals surface area contributed by atoms with Crippen molar-refractivity contribution in [3.8, 4) is 5.75 Å². The van der Waals surface area contributed by atoms with E-state index in [0.29, 0.717) is 12.0 Å². The maximum absolute atomic E-state index is 5.43. The molecule has 1 rings (SSSR count). The molecule has 0 radical (unpaired) electrons. The van der Waals surface area contributed by atoms with Crippen LogP contribution in [0.4, 0.5) is 0 Å². The minimum atomic E-state index is 0.341. The number of benzene rings is 1. The van der Waals surface area contributed by atoms with Crippen LogP contribution >= 0.6 is 15.9 Å². The molecular weight excluding hydrogens is 266 g/mol. The van der Waals surface area contributed by atoms with Gasteiger partial charge in [-0.25, -0.2) is 0 Å². The molecule has 0 saturated carbocycles. The molecule has 1 unspecified atom stereocenters. The molecule has 1 aromatic rings. The molecule has 0 aliphatic rings. The summed E-state index contributed by atoms with van der Waals surface area (Å²) in [7, 11) is 1.72. The molecule has 0 saturated heterocycles. The summed E-state index contributed by atoms with van der Waals surface area (Å²) in [5.74, 6) is 1.48. The molecule has 2 nitrogen and oxygen atoms in total. The lowest BCUT2D eigenvalue weighted by Crippen LogP contribution is -2.25. The first-order valence-corrected chi connectivity index (χ1v) is 6.46. The highest BCUT2D eigenvalue weighted by atomic mass is 79.9. The van der Waals surface area contributed by atoms with E-state index in [1.54, 1.807) is 7.11 Å². The van der Waals surface area contributed by atoms with Gasteiger partial charge in [-0.2, -0.15) is 0 Å². The number of hydrogen-bond acceptors (Lipinski definition) is 2. The van der Waals surface area contributed by atoms with Gasteiger partial charge in [0, 0.05) is 16.1 Å².